The van der Waals surface area contributed by atoms with Crippen LogP contribution in [0.15, 0.2) is 18.3 Å². The van der Waals surface area contributed by atoms with Gasteiger partial charge in [-0.25, -0.2) is 14.7 Å². The quantitative estimate of drug-likeness (QED) is 0.750. The number of hydrogen-bond acceptors (Lipinski definition) is 6. The first-order chi connectivity index (χ1) is 14.7. The third-order valence-electron chi connectivity index (χ3n) is 6.76. The van der Waals surface area contributed by atoms with Gasteiger partial charge in [0.1, 0.15) is 17.4 Å². The molecular weight excluding hydrogens is 392 g/mol. The number of carbonyl (C=O) groups excluding carboxylic acids is 2. The summed E-state index contributed by atoms with van der Waals surface area (Å²) in [6, 6.07) is 5.50. The SMILES string of the molecule is CC1CC(C)(C)CC2(C1)NC(=O)N(CN1CCCN(c3ncccc3C#N)CC1)C2=O. The van der Waals surface area contributed by atoms with E-state index in [4.69, 9.17) is 0 Å². The molecule has 31 heavy (non-hydrogen) atoms. The van der Waals surface area contributed by atoms with Crippen molar-refractivity contribution < 1.29 is 9.59 Å². The molecule has 2 saturated heterocycles. The summed E-state index contributed by atoms with van der Waals surface area (Å²) in [5.74, 6) is 1.03. The van der Waals surface area contributed by atoms with E-state index in [0.717, 1.165) is 25.9 Å². The maximum Gasteiger partial charge on any atom is 0.326 e. The second-order valence-corrected chi connectivity index (χ2v) is 10.2. The highest BCUT2D eigenvalue weighted by Crippen LogP contribution is 2.46. The number of hydrogen-bond donors (Lipinski definition) is 1. The molecule has 1 spiro atoms. The van der Waals surface area contributed by atoms with Crippen LogP contribution >= 0.6 is 0 Å². The normalized spacial score (nSPS) is 29.0. The van der Waals surface area contributed by atoms with E-state index in [1.54, 1.807) is 18.3 Å². The molecule has 0 bridgehead atoms. The van der Waals surface area contributed by atoms with E-state index in [1.165, 1.54) is 4.90 Å². The molecule has 1 aliphatic carbocycles. The third kappa shape index (κ3) is 4.24. The number of carbonyl (C=O) groups is 2. The lowest BCUT2D eigenvalue weighted by molar-refractivity contribution is -0.136. The molecule has 8 nitrogen and oxygen atoms in total. The largest absolute Gasteiger partial charge is 0.354 e. The van der Waals surface area contributed by atoms with Gasteiger partial charge in [0.15, 0.2) is 0 Å². The van der Waals surface area contributed by atoms with Crippen LogP contribution in [0.3, 0.4) is 0 Å². The van der Waals surface area contributed by atoms with Crippen LogP contribution in [0.5, 0.6) is 0 Å². The summed E-state index contributed by atoms with van der Waals surface area (Å²) < 4.78 is 0. The molecule has 1 aromatic heterocycles. The summed E-state index contributed by atoms with van der Waals surface area (Å²) in [6.45, 7) is 9.82. The minimum absolute atomic E-state index is 0.0286. The summed E-state index contributed by atoms with van der Waals surface area (Å²) >= 11 is 0. The van der Waals surface area contributed by atoms with E-state index in [1.807, 2.05) is 0 Å². The van der Waals surface area contributed by atoms with Crippen LogP contribution in [0.4, 0.5) is 10.6 Å². The average Bonchev–Trinajstić information content (AvgIpc) is 2.87. The number of rotatable bonds is 3. The molecule has 2 atom stereocenters. The molecule has 3 amide bonds. The zero-order valence-electron chi connectivity index (χ0n) is 18.7. The van der Waals surface area contributed by atoms with Gasteiger partial charge in [-0.3, -0.25) is 9.69 Å². The highest BCUT2D eigenvalue weighted by molar-refractivity contribution is 6.07. The van der Waals surface area contributed by atoms with Crippen molar-refractivity contribution in [2.45, 2.75) is 52.0 Å². The Kier molecular flexibility index (Phi) is 5.65. The van der Waals surface area contributed by atoms with Crippen molar-refractivity contribution in [1.29, 1.82) is 5.26 Å². The highest BCUT2D eigenvalue weighted by Gasteiger charge is 2.56. The maximum absolute atomic E-state index is 13.4. The molecule has 4 rings (SSSR count). The molecule has 1 N–H and O–H groups in total. The number of anilines is 1. The monoisotopic (exact) mass is 424 g/mol. The van der Waals surface area contributed by atoms with Crippen LogP contribution in [0, 0.1) is 22.7 Å². The first-order valence-electron chi connectivity index (χ1n) is 11.2. The molecule has 3 heterocycles. The topological polar surface area (TPSA) is 92.6 Å². The van der Waals surface area contributed by atoms with E-state index < -0.39 is 5.54 Å². The lowest BCUT2D eigenvalue weighted by Gasteiger charge is -2.44. The van der Waals surface area contributed by atoms with Crippen LogP contribution < -0.4 is 10.2 Å². The molecule has 166 valence electrons. The summed E-state index contributed by atoms with van der Waals surface area (Å²) in [5.41, 5.74) is -0.159. The second-order valence-electron chi connectivity index (χ2n) is 10.2. The number of nitrogens with zero attached hydrogens (tertiary/aromatic N) is 5. The maximum atomic E-state index is 13.4. The average molecular weight is 425 g/mol. The van der Waals surface area contributed by atoms with E-state index in [9.17, 15) is 14.9 Å². The fourth-order valence-corrected chi connectivity index (χ4v) is 5.89. The number of nitriles is 1. The predicted molar refractivity (Wildman–Crippen MR) is 117 cm³/mol. The van der Waals surface area contributed by atoms with Crippen molar-refractivity contribution in [1.82, 2.24) is 20.1 Å². The number of nitrogens with one attached hydrogen (secondary N) is 1. The molecule has 0 radical (unpaired) electrons. The van der Waals surface area contributed by atoms with Crippen LogP contribution in [0.25, 0.3) is 0 Å². The summed E-state index contributed by atoms with van der Waals surface area (Å²) in [4.78, 5) is 36.3. The molecule has 0 aromatic carbocycles. The highest BCUT2D eigenvalue weighted by atomic mass is 16.2. The molecule has 2 unspecified atom stereocenters. The van der Waals surface area contributed by atoms with E-state index in [2.05, 4.69) is 46.9 Å². The molecular formula is C23H32N6O2. The minimum atomic E-state index is -0.758. The summed E-state index contributed by atoms with van der Waals surface area (Å²) in [6.07, 6.45) is 5.05. The lowest BCUT2D eigenvalue weighted by Crippen LogP contribution is -2.54. The van der Waals surface area contributed by atoms with Crippen molar-refractivity contribution in [2.24, 2.45) is 11.3 Å². The van der Waals surface area contributed by atoms with Gasteiger partial charge in [-0.15, -0.1) is 0 Å². The molecule has 3 fully saturated rings. The van der Waals surface area contributed by atoms with Crippen LogP contribution in [-0.4, -0.2) is 65.1 Å². The van der Waals surface area contributed by atoms with E-state index in [0.29, 0.717) is 49.9 Å². The van der Waals surface area contributed by atoms with Gasteiger partial charge >= 0.3 is 6.03 Å². The van der Waals surface area contributed by atoms with E-state index in [-0.39, 0.29) is 17.4 Å². The number of aromatic nitrogens is 1. The molecule has 1 aromatic rings. The van der Waals surface area contributed by atoms with Gasteiger partial charge in [0, 0.05) is 32.4 Å². The van der Waals surface area contributed by atoms with Gasteiger partial charge < -0.3 is 10.2 Å². The molecule has 2 aliphatic heterocycles. The first kappa shape index (κ1) is 21.6. The first-order valence-corrected chi connectivity index (χ1v) is 11.2. The Morgan fingerprint density at radius 3 is 2.77 bits per heavy atom. The van der Waals surface area contributed by atoms with Crippen molar-refractivity contribution in [3.63, 3.8) is 0 Å². The summed E-state index contributed by atoms with van der Waals surface area (Å²) in [5, 5.41) is 12.4. The molecule has 3 aliphatic rings. The summed E-state index contributed by atoms with van der Waals surface area (Å²) in [7, 11) is 0. The number of pyridine rings is 1. The van der Waals surface area contributed by atoms with Crippen molar-refractivity contribution >= 4 is 17.8 Å². The van der Waals surface area contributed by atoms with Crippen LogP contribution in [0.2, 0.25) is 0 Å². The molecule has 1 saturated carbocycles. The number of amides is 3. The van der Waals surface area contributed by atoms with Gasteiger partial charge in [0.25, 0.3) is 5.91 Å². The molecule has 8 heteroatoms. The second kappa shape index (κ2) is 8.12. The van der Waals surface area contributed by atoms with Crippen molar-refractivity contribution in [3.05, 3.63) is 23.9 Å². The van der Waals surface area contributed by atoms with Gasteiger partial charge in [-0.1, -0.05) is 20.8 Å². The van der Waals surface area contributed by atoms with Gasteiger partial charge in [0.2, 0.25) is 0 Å². The Morgan fingerprint density at radius 2 is 2.03 bits per heavy atom. The Morgan fingerprint density at radius 1 is 1.23 bits per heavy atom. The van der Waals surface area contributed by atoms with Crippen LogP contribution in [0.1, 0.15) is 52.0 Å². The van der Waals surface area contributed by atoms with Crippen LogP contribution in [-0.2, 0) is 4.79 Å². The fraction of sp³-hybridized carbons (Fsp3) is 0.652. The smallest absolute Gasteiger partial charge is 0.326 e. The lowest BCUT2D eigenvalue weighted by atomic mass is 9.64. The van der Waals surface area contributed by atoms with Gasteiger partial charge in [0.05, 0.1) is 12.2 Å². The third-order valence-corrected chi connectivity index (χ3v) is 6.76. The van der Waals surface area contributed by atoms with E-state index >= 15 is 0 Å². The number of imide groups is 1. The Bertz CT molecular complexity index is 910. The fourth-order valence-electron chi connectivity index (χ4n) is 5.89. The Hall–Kier alpha value is -2.66. The Balaban J connectivity index is 1.43. The number of urea groups is 1. The standard InChI is InChI=1S/C23H32N6O2/c1-17-12-22(2,3)15-23(13-17)20(30)29(21(31)26-23)16-27-8-5-9-28(11-10-27)19-18(14-24)6-4-7-25-19/h4,6-7,17H,5,8-13,15-16H2,1-3H3,(H,26,31). The minimum Gasteiger partial charge on any atom is -0.354 e. The predicted octanol–water partition coefficient (Wildman–Crippen LogP) is 2.56. The van der Waals surface area contributed by atoms with Gasteiger partial charge in [-0.05, 0) is 49.1 Å². The van der Waals surface area contributed by atoms with Gasteiger partial charge in [-0.2, -0.15) is 5.26 Å². The zero-order chi connectivity index (χ0) is 22.2. The van der Waals surface area contributed by atoms with Crippen molar-refractivity contribution in [2.75, 3.05) is 37.7 Å². The zero-order valence-corrected chi connectivity index (χ0v) is 18.7. The van der Waals surface area contributed by atoms with Crippen molar-refractivity contribution in [3.8, 4) is 6.07 Å². The Labute approximate surface area is 184 Å².